The number of ether oxygens (including phenoxy) is 1. The monoisotopic (exact) mass is 503 g/mol. The third kappa shape index (κ3) is 6.19. The third-order valence-electron chi connectivity index (χ3n) is 4.84. The Morgan fingerprint density at radius 2 is 1.88 bits per heavy atom. The molecule has 0 aliphatic rings. The van der Waals surface area contributed by atoms with E-state index in [-0.39, 0.29) is 27.8 Å². The first-order valence-corrected chi connectivity index (χ1v) is 12.0. The summed E-state index contributed by atoms with van der Waals surface area (Å²) in [6, 6.07) is 17.8. The summed E-state index contributed by atoms with van der Waals surface area (Å²) in [5, 5.41) is 3.85. The molecule has 1 N–H and O–H groups in total. The van der Waals surface area contributed by atoms with Gasteiger partial charge in [0.2, 0.25) is 10.0 Å². The summed E-state index contributed by atoms with van der Waals surface area (Å²) in [5.74, 6) is -1.16. The second kappa shape index (κ2) is 11.2. The van der Waals surface area contributed by atoms with E-state index in [1.807, 2.05) is 0 Å². The van der Waals surface area contributed by atoms with E-state index >= 15 is 0 Å². The molecule has 3 aromatic carbocycles. The fourth-order valence-corrected chi connectivity index (χ4v) is 4.97. The van der Waals surface area contributed by atoms with Crippen molar-refractivity contribution in [2.75, 3.05) is 13.7 Å². The fourth-order valence-electron chi connectivity index (χ4n) is 3.14. The van der Waals surface area contributed by atoms with E-state index < -0.39 is 28.3 Å². The van der Waals surface area contributed by atoms with Crippen LogP contribution in [0.3, 0.4) is 0 Å². The Bertz CT molecular complexity index is 1280. The second-order valence-electron chi connectivity index (χ2n) is 7.34. The molecule has 0 aliphatic carbocycles. The van der Waals surface area contributed by atoms with Gasteiger partial charge in [-0.3, -0.25) is 4.79 Å². The zero-order chi connectivity index (χ0) is 24.7. The first-order valence-electron chi connectivity index (χ1n) is 10.2. The Labute approximate surface area is 202 Å². The number of rotatable bonds is 9. The minimum Gasteiger partial charge on any atom is -0.495 e. The van der Waals surface area contributed by atoms with Crippen LogP contribution >= 0.6 is 11.6 Å². The van der Waals surface area contributed by atoms with E-state index in [1.54, 1.807) is 49.4 Å². The summed E-state index contributed by atoms with van der Waals surface area (Å²) >= 11 is 5.95. The number of carbonyl (C=O) groups excluding carboxylic acids is 1. The molecular weight excluding hydrogens is 481 g/mol. The molecule has 1 amide bonds. The molecular formula is C24H23ClFN3O4S. The smallest absolute Gasteiger partial charge is 0.255 e. The van der Waals surface area contributed by atoms with Gasteiger partial charge >= 0.3 is 0 Å². The highest BCUT2D eigenvalue weighted by Gasteiger charge is 2.30. The average Bonchev–Trinajstić information content (AvgIpc) is 2.81. The molecule has 0 saturated heterocycles. The Hall–Kier alpha value is -3.27. The summed E-state index contributed by atoms with van der Waals surface area (Å²) in [6.07, 6.45) is 1.06. The molecule has 7 nitrogen and oxygen atoms in total. The molecule has 3 aromatic rings. The van der Waals surface area contributed by atoms with Crippen LogP contribution in [0.25, 0.3) is 0 Å². The fraction of sp³-hybridized carbons (Fsp3) is 0.167. The predicted octanol–water partition coefficient (Wildman–Crippen LogP) is 4.14. The van der Waals surface area contributed by atoms with Crippen LogP contribution in [0.5, 0.6) is 5.75 Å². The van der Waals surface area contributed by atoms with E-state index in [0.29, 0.717) is 5.56 Å². The highest BCUT2D eigenvalue weighted by atomic mass is 35.5. The summed E-state index contributed by atoms with van der Waals surface area (Å²) in [5.41, 5.74) is 3.64. The van der Waals surface area contributed by atoms with Gasteiger partial charge in [0.25, 0.3) is 5.91 Å². The zero-order valence-electron chi connectivity index (χ0n) is 18.5. The predicted molar refractivity (Wildman–Crippen MR) is 129 cm³/mol. The van der Waals surface area contributed by atoms with Crippen LogP contribution < -0.4 is 10.2 Å². The van der Waals surface area contributed by atoms with Crippen LogP contribution in [0.15, 0.2) is 76.7 Å². The van der Waals surface area contributed by atoms with E-state index in [1.165, 1.54) is 31.4 Å². The normalized spacial score (nSPS) is 11.7. The molecule has 178 valence electrons. The van der Waals surface area contributed by atoms with Crippen molar-refractivity contribution < 1.29 is 22.3 Å². The number of hydrogen-bond donors (Lipinski definition) is 1. The number of amides is 1. The quantitative estimate of drug-likeness (QED) is 0.351. The van der Waals surface area contributed by atoms with Crippen molar-refractivity contribution in [3.05, 3.63) is 94.3 Å². The van der Waals surface area contributed by atoms with E-state index in [2.05, 4.69) is 10.5 Å². The van der Waals surface area contributed by atoms with Crippen LogP contribution in [-0.2, 0) is 21.4 Å². The molecule has 0 heterocycles. The van der Waals surface area contributed by atoms with Crippen LogP contribution in [0.1, 0.15) is 16.7 Å². The van der Waals surface area contributed by atoms with Gasteiger partial charge in [0.05, 0.1) is 24.9 Å². The molecule has 0 radical (unpaired) electrons. The summed E-state index contributed by atoms with van der Waals surface area (Å²) in [4.78, 5) is 12.6. The third-order valence-corrected chi connectivity index (χ3v) is 6.98. The van der Waals surface area contributed by atoms with Crippen molar-refractivity contribution in [1.82, 2.24) is 9.73 Å². The molecule has 0 unspecified atom stereocenters. The highest BCUT2D eigenvalue weighted by molar-refractivity contribution is 7.89. The molecule has 0 fully saturated rings. The van der Waals surface area contributed by atoms with Crippen molar-refractivity contribution in [2.24, 2.45) is 5.10 Å². The molecule has 0 saturated carbocycles. The number of aryl methyl sites for hydroxylation is 1. The van der Waals surface area contributed by atoms with Crippen LogP contribution in [0.2, 0.25) is 5.02 Å². The van der Waals surface area contributed by atoms with Crippen molar-refractivity contribution in [2.45, 2.75) is 18.4 Å². The number of nitrogens with zero attached hydrogens (tertiary/aromatic N) is 2. The summed E-state index contributed by atoms with van der Waals surface area (Å²) < 4.78 is 47.3. The SMILES string of the molecule is COc1ccc(C)cc1S(=O)(=O)N(CC(=O)N/N=C/c1c(F)cccc1Cl)Cc1ccccc1. The summed E-state index contributed by atoms with van der Waals surface area (Å²) in [6.45, 7) is 1.17. The van der Waals surface area contributed by atoms with Crippen molar-refractivity contribution in [3.8, 4) is 5.75 Å². The first-order chi connectivity index (χ1) is 16.2. The van der Waals surface area contributed by atoms with E-state index in [4.69, 9.17) is 16.3 Å². The number of halogens is 2. The van der Waals surface area contributed by atoms with Gasteiger partial charge in [0.1, 0.15) is 16.5 Å². The Morgan fingerprint density at radius 1 is 1.15 bits per heavy atom. The van der Waals surface area contributed by atoms with E-state index in [9.17, 15) is 17.6 Å². The molecule has 0 aliphatic heterocycles. The van der Waals surface area contributed by atoms with Crippen LogP contribution in [0, 0.1) is 12.7 Å². The lowest BCUT2D eigenvalue weighted by Crippen LogP contribution is -2.39. The maximum atomic E-state index is 13.9. The number of nitrogens with one attached hydrogen (secondary N) is 1. The number of carbonyl (C=O) groups is 1. The summed E-state index contributed by atoms with van der Waals surface area (Å²) in [7, 11) is -2.76. The minimum atomic E-state index is -4.14. The standard InChI is InChI=1S/C24H23ClFN3O4S/c1-17-11-12-22(33-2)23(13-17)34(31,32)29(15-18-7-4-3-5-8-18)16-24(30)28-27-14-19-20(25)9-6-10-21(19)26/h3-14H,15-16H2,1-2H3,(H,28,30)/b27-14+. The lowest BCUT2D eigenvalue weighted by molar-refractivity contribution is -0.121. The van der Waals surface area contributed by atoms with Gasteiger partial charge in [-0.1, -0.05) is 54.1 Å². The number of hydrazone groups is 1. The number of methoxy groups -OCH3 is 1. The lowest BCUT2D eigenvalue weighted by atomic mass is 10.2. The van der Waals surface area contributed by atoms with E-state index in [0.717, 1.165) is 16.1 Å². The van der Waals surface area contributed by atoms with Gasteiger partial charge in [0.15, 0.2) is 0 Å². The molecule has 34 heavy (non-hydrogen) atoms. The second-order valence-corrected chi connectivity index (χ2v) is 9.66. The number of benzene rings is 3. The van der Waals surface area contributed by atoms with Gasteiger partial charge in [0, 0.05) is 12.1 Å². The molecule has 0 spiro atoms. The molecule has 0 bridgehead atoms. The zero-order valence-corrected chi connectivity index (χ0v) is 20.1. The Kier molecular flexibility index (Phi) is 8.38. The lowest BCUT2D eigenvalue weighted by Gasteiger charge is -2.23. The van der Waals surface area contributed by atoms with Gasteiger partial charge in [-0.25, -0.2) is 18.2 Å². The van der Waals surface area contributed by atoms with Crippen LogP contribution in [0.4, 0.5) is 4.39 Å². The minimum absolute atomic E-state index is 0.00252. The van der Waals surface area contributed by atoms with Gasteiger partial charge in [-0.05, 0) is 42.3 Å². The average molecular weight is 504 g/mol. The Morgan fingerprint density at radius 3 is 2.56 bits per heavy atom. The Balaban J connectivity index is 1.87. The van der Waals surface area contributed by atoms with Gasteiger partial charge < -0.3 is 4.74 Å². The van der Waals surface area contributed by atoms with Crippen molar-refractivity contribution in [3.63, 3.8) is 0 Å². The molecule has 0 atom stereocenters. The van der Waals surface area contributed by atoms with Gasteiger partial charge in [-0.2, -0.15) is 9.41 Å². The maximum Gasteiger partial charge on any atom is 0.255 e. The van der Waals surface area contributed by atoms with Crippen molar-refractivity contribution in [1.29, 1.82) is 0 Å². The largest absolute Gasteiger partial charge is 0.495 e. The van der Waals surface area contributed by atoms with Gasteiger partial charge in [-0.15, -0.1) is 0 Å². The van der Waals surface area contributed by atoms with Crippen LogP contribution in [-0.4, -0.2) is 38.5 Å². The molecule has 3 rings (SSSR count). The topological polar surface area (TPSA) is 88.1 Å². The number of sulfonamides is 1. The van der Waals surface area contributed by atoms with Crippen molar-refractivity contribution >= 4 is 33.7 Å². The molecule has 0 aromatic heterocycles. The molecule has 10 heteroatoms. The highest BCUT2D eigenvalue weighted by Crippen LogP contribution is 2.28. The first kappa shape index (κ1) is 25.4. The number of hydrogen-bond acceptors (Lipinski definition) is 5. The maximum absolute atomic E-state index is 13.9.